The molecular weight excluding hydrogens is 388 g/mol. The number of ketones is 2. The number of anilines is 1. The number of carbonyl (C=O) groups excluding carboxylic acids is 3. The molecule has 142 valence electrons. The molecule has 0 radical (unpaired) electrons. The number of hydrogen-bond acceptors (Lipinski definition) is 6. The monoisotopic (exact) mass is 406 g/mol. The Balaban J connectivity index is 0.00000210. The maximum absolute atomic E-state index is 12.8. The van der Waals surface area contributed by atoms with Crippen molar-refractivity contribution in [2.75, 3.05) is 38.2 Å². The number of nitrogens with one attached hydrogen (secondary N) is 1. The molecule has 2 aliphatic rings. The van der Waals surface area contributed by atoms with Gasteiger partial charge >= 0.3 is 0 Å². The molecule has 0 bridgehead atoms. The van der Waals surface area contributed by atoms with Crippen LogP contribution in [0.2, 0.25) is 0 Å². The van der Waals surface area contributed by atoms with Gasteiger partial charge in [-0.15, -0.1) is 23.7 Å². The number of hydrogen-bond donors (Lipinski definition) is 1. The van der Waals surface area contributed by atoms with Crippen molar-refractivity contribution in [3.63, 3.8) is 0 Å². The number of morpholine rings is 1. The smallest absolute Gasteiger partial charge is 0.225 e. The Kier molecular flexibility index (Phi) is 6.06. The number of rotatable bonds is 4. The maximum atomic E-state index is 12.8. The van der Waals surface area contributed by atoms with Crippen LogP contribution in [-0.2, 0) is 9.53 Å². The second-order valence-electron chi connectivity index (χ2n) is 6.31. The predicted octanol–water partition coefficient (Wildman–Crippen LogP) is 2.61. The topological polar surface area (TPSA) is 75.7 Å². The molecule has 1 aliphatic carbocycles. The van der Waals surface area contributed by atoms with Crippen LogP contribution in [-0.4, -0.2) is 55.2 Å². The maximum Gasteiger partial charge on any atom is 0.225 e. The third-order valence-corrected chi connectivity index (χ3v) is 5.65. The summed E-state index contributed by atoms with van der Waals surface area (Å²) in [6.07, 6.45) is 0.337. The van der Waals surface area contributed by atoms with Gasteiger partial charge in [0, 0.05) is 42.6 Å². The molecule has 1 aromatic carbocycles. The fourth-order valence-corrected chi connectivity index (χ4v) is 4.23. The van der Waals surface area contributed by atoms with E-state index in [-0.39, 0.29) is 29.9 Å². The van der Waals surface area contributed by atoms with E-state index in [1.807, 2.05) is 0 Å². The van der Waals surface area contributed by atoms with Crippen LogP contribution >= 0.6 is 23.7 Å². The lowest BCUT2D eigenvalue weighted by Crippen LogP contribution is -2.38. The van der Waals surface area contributed by atoms with E-state index in [4.69, 9.17) is 4.74 Å². The molecule has 6 nitrogen and oxygen atoms in total. The Morgan fingerprint density at radius 1 is 1.11 bits per heavy atom. The van der Waals surface area contributed by atoms with Crippen LogP contribution in [0.5, 0.6) is 0 Å². The summed E-state index contributed by atoms with van der Waals surface area (Å²) in [5, 5.41) is 4.49. The molecule has 27 heavy (non-hydrogen) atoms. The van der Waals surface area contributed by atoms with Gasteiger partial charge in [-0.05, 0) is 0 Å². The number of nitrogens with zero attached hydrogens (tertiary/aromatic N) is 1. The lowest BCUT2D eigenvalue weighted by atomic mass is 9.88. The van der Waals surface area contributed by atoms with Crippen molar-refractivity contribution in [2.45, 2.75) is 6.42 Å². The number of carbonyl (C=O) groups is 3. The first kappa shape index (κ1) is 19.7. The van der Waals surface area contributed by atoms with Crippen LogP contribution in [0.3, 0.4) is 0 Å². The summed E-state index contributed by atoms with van der Waals surface area (Å²) >= 11 is 1.20. The zero-order valence-electron chi connectivity index (χ0n) is 14.5. The Hall–Kier alpha value is -2.06. The number of amides is 1. The molecule has 1 aromatic heterocycles. The van der Waals surface area contributed by atoms with E-state index in [1.165, 1.54) is 11.3 Å². The van der Waals surface area contributed by atoms with Gasteiger partial charge in [0.15, 0.2) is 5.78 Å². The quantitative estimate of drug-likeness (QED) is 0.720. The largest absolute Gasteiger partial charge is 0.379 e. The standard InChI is InChI=1S/C19H18N2O4S.ClH/c22-15(5-6-21-7-9-25-10-8-21)20-14-11-26-19-16(14)17(23)12-3-1-2-4-13(12)18(19)24;/h1-4,11H,5-10H2,(H,20,22);1H. The summed E-state index contributed by atoms with van der Waals surface area (Å²) in [5.41, 5.74) is 1.58. The van der Waals surface area contributed by atoms with E-state index >= 15 is 0 Å². The molecule has 2 aromatic rings. The molecule has 8 heteroatoms. The minimum Gasteiger partial charge on any atom is -0.379 e. The van der Waals surface area contributed by atoms with Crippen molar-refractivity contribution in [1.29, 1.82) is 0 Å². The summed E-state index contributed by atoms with van der Waals surface area (Å²) in [6.45, 7) is 3.68. The number of thiophene rings is 1. The highest BCUT2D eigenvalue weighted by atomic mass is 35.5. The SMILES string of the molecule is Cl.O=C(CCN1CCOCC1)Nc1csc2c1C(=O)c1ccccc1C2=O. The fourth-order valence-electron chi connectivity index (χ4n) is 3.28. The summed E-state index contributed by atoms with van der Waals surface area (Å²) in [7, 11) is 0. The van der Waals surface area contributed by atoms with Crippen LogP contribution in [0.4, 0.5) is 5.69 Å². The van der Waals surface area contributed by atoms with E-state index in [9.17, 15) is 14.4 Å². The summed E-state index contributed by atoms with van der Waals surface area (Å²) in [6, 6.07) is 6.80. The van der Waals surface area contributed by atoms with Gasteiger partial charge in [-0.25, -0.2) is 0 Å². The van der Waals surface area contributed by atoms with E-state index < -0.39 is 0 Å². The highest BCUT2D eigenvalue weighted by Gasteiger charge is 2.33. The molecule has 0 unspecified atom stereocenters. The van der Waals surface area contributed by atoms with Crippen LogP contribution < -0.4 is 5.32 Å². The first-order valence-electron chi connectivity index (χ1n) is 8.55. The highest BCUT2D eigenvalue weighted by Crippen LogP contribution is 2.36. The first-order chi connectivity index (χ1) is 12.6. The van der Waals surface area contributed by atoms with Gasteiger partial charge in [0.25, 0.3) is 0 Å². The van der Waals surface area contributed by atoms with Gasteiger partial charge in [-0.3, -0.25) is 19.3 Å². The summed E-state index contributed by atoms with van der Waals surface area (Å²) in [5.74, 6) is -0.523. The molecule has 1 fully saturated rings. The third-order valence-electron chi connectivity index (χ3n) is 4.67. The average Bonchev–Trinajstić information content (AvgIpc) is 3.09. The minimum atomic E-state index is -0.208. The molecule has 1 N–H and O–H groups in total. The van der Waals surface area contributed by atoms with E-state index in [1.54, 1.807) is 29.6 Å². The Morgan fingerprint density at radius 2 is 1.78 bits per heavy atom. The Morgan fingerprint density at radius 3 is 2.48 bits per heavy atom. The third kappa shape index (κ3) is 3.82. The van der Waals surface area contributed by atoms with Gasteiger partial charge in [-0.2, -0.15) is 0 Å². The van der Waals surface area contributed by atoms with Gasteiger partial charge in [0.1, 0.15) is 0 Å². The first-order valence-corrected chi connectivity index (χ1v) is 9.43. The lowest BCUT2D eigenvalue weighted by molar-refractivity contribution is -0.116. The van der Waals surface area contributed by atoms with Crippen molar-refractivity contribution in [1.82, 2.24) is 4.90 Å². The molecule has 2 heterocycles. The van der Waals surface area contributed by atoms with E-state index in [2.05, 4.69) is 10.2 Å². The Bertz CT molecular complexity index is 890. The molecule has 0 atom stereocenters. The molecule has 1 amide bonds. The summed E-state index contributed by atoms with van der Waals surface area (Å²) in [4.78, 5) is 40.3. The fraction of sp³-hybridized carbons (Fsp3) is 0.316. The molecule has 1 saturated heterocycles. The van der Waals surface area contributed by atoms with Crippen molar-refractivity contribution < 1.29 is 19.1 Å². The van der Waals surface area contributed by atoms with Crippen molar-refractivity contribution in [3.8, 4) is 0 Å². The van der Waals surface area contributed by atoms with Crippen molar-refractivity contribution in [2.24, 2.45) is 0 Å². The zero-order chi connectivity index (χ0) is 18.1. The highest BCUT2D eigenvalue weighted by molar-refractivity contribution is 7.13. The van der Waals surface area contributed by atoms with E-state index in [0.29, 0.717) is 53.4 Å². The van der Waals surface area contributed by atoms with Crippen LogP contribution in [0, 0.1) is 0 Å². The van der Waals surface area contributed by atoms with E-state index in [0.717, 1.165) is 13.1 Å². The lowest BCUT2D eigenvalue weighted by Gasteiger charge is -2.26. The second kappa shape index (κ2) is 8.31. The van der Waals surface area contributed by atoms with Crippen LogP contribution in [0.1, 0.15) is 37.6 Å². The molecule has 0 spiro atoms. The molecule has 0 saturated carbocycles. The van der Waals surface area contributed by atoms with Gasteiger partial charge < -0.3 is 10.1 Å². The minimum absolute atomic E-state index is 0. The number of halogens is 1. The molecular formula is C19H19ClN2O4S. The predicted molar refractivity (Wildman–Crippen MR) is 105 cm³/mol. The average molecular weight is 407 g/mol. The van der Waals surface area contributed by atoms with Gasteiger partial charge in [0.05, 0.1) is 29.3 Å². The molecule has 1 aliphatic heterocycles. The van der Waals surface area contributed by atoms with Gasteiger partial charge in [-0.1, -0.05) is 24.3 Å². The van der Waals surface area contributed by atoms with Crippen molar-refractivity contribution in [3.05, 3.63) is 51.2 Å². The van der Waals surface area contributed by atoms with Crippen LogP contribution in [0.15, 0.2) is 29.6 Å². The molecule has 4 rings (SSSR count). The normalized spacial score (nSPS) is 16.3. The number of fused-ring (bicyclic) bond motifs is 2. The zero-order valence-corrected chi connectivity index (χ0v) is 16.2. The number of benzene rings is 1. The second-order valence-corrected chi connectivity index (χ2v) is 7.19. The van der Waals surface area contributed by atoms with Crippen LogP contribution in [0.25, 0.3) is 0 Å². The van der Waals surface area contributed by atoms with Gasteiger partial charge in [0.2, 0.25) is 11.7 Å². The van der Waals surface area contributed by atoms with Crippen molar-refractivity contribution >= 4 is 46.9 Å². The number of ether oxygens (including phenoxy) is 1. The Labute approximate surface area is 166 Å². The summed E-state index contributed by atoms with van der Waals surface area (Å²) < 4.78 is 5.29.